The highest BCUT2D eigenvalue weighted by atomic mass is 32.2. The molecule has 2 aromatic rings. The number of alkyl halides is 3. The summed E-state index contributed by atoms with van der Waals surface area (Å²) in [6, 6.07) is 0. The van der Waals surface area contributed by atoms with Gasteiger partial charge in [-0.05, 0) is 31.2 Å². The number of carbonyl (C=O) groups excluding carboxylic acids is 1. The second kappa shape index (κ2) is 6.75. The second-order valence-corrected chi connectivity index (χ2v) is 7.49. The molecule has 10 heteroatoms. The number of H-pyrrole nitrogens is 1. The minimum absolute atomic E-state index is 0.240. The largest absolute Gasteiger partial charge is 0.405 e. The Balaban J connectivity index is 1.72. The van der Waals surface area contributed by atoms with Crippen LogP contribution in [-0.2, 0) is 17.6 Å². The number of fused-ring (bicyclic) bond motifs is 3. The quantitative estimate of drug-likeness (QED) is 0.635. The average molecular weight is 377 g/mol. The molecule has 0 radical (unpaired) electrons. The Bertz CT molecular complexity index is 829. The lowest BCUT2D eigenvalue weighted by molar-refractivity contribution is -0.136. The van der Waals surface area contributed by atoms with E-state index in [1.807, 2.05) is 0 Å². The summed E-state index contributed by atoms with van der Waals surface area (Å²) in [4.78, 5) is 32.5. The van der Waals surface area contributed by atoms with Gasteiger partial charge in [0.25, 0.3) is 5.56 Å². The van der Waals surface area contributed by atoms with Gasteiger partial charge in [0.2, 0.25) is 5.91 Å². The van der Waals surface area contributed by atoms with Gasteiger partial charge in [0.15, 0.2) is 5.16 Å². The van der Waals surface area contributed by atoms with Crippen LogP contribution in [0.25, 0.3) is 10.2 Å². The van der Waals surface area contributed by atoms with Crippen molar-refractivity contribution in [3.8, 4) is 0 Å². The predicted octanol–water partition coefficient (Wildman–Crippen LogP) is 2.63. The third-order valence-corrected chi connectivity index (χ3v) is 5.69. The first kappa shape index (κ1) is 17.3. The van der Waals surface area contributed by atoms with Gasteiger partial charge < -0.3 is 10.3 Å². The predicted molar refractivity (Wildman–Crippen MR) is 86.7 cm³/mol. The van der Waals surface area contributed by atoms with Gasteiger partial charge in [-0.3, -0.25) is 9.59 Å². The molecule has 0 saturated carbocycles. The molecular formula is C14H14F3N3O2S2. The lowest BCUT2D eigenvalue weighted by atomic mass is 9.97. The summed E-state index contributed by atoms with van der Waals surface area (Å²) in [7, 11) is 0. The maximum atomic E-state index is 12.3. The zero-order valence-corrected chi connectivity index (χ0v) is 14.1. The van der Waals surface area contributed by atoms with Gasteiger partial charge >= 0.3 is 6.18 Å². The molecule has 24 heavy (non-hydrogen) atoms. The SMILES string of the molecule is O=C(CSc1nc2sc3c(c2c(=O)[nH]1)CCCC3)NCC(F)(F)F. The first-order valence-corrected chi connectivity index (χ1v) is 9.14. The van der Waals surface area contributed by atoms with E-state index in [1.165, 1.54) is 16.2 Å². The molecule has 2 heterocycles. The summed E-state index contributed by atoms with van der Waals surface area (Å²) in [5.41, 5.74) is 0.812. The summed E-state index contributed by atoms with van der Waals surface area (Å²) in [6.07, 6.45) is -0.487. The molecule has 0 fully saturated rings. The van der Waals surface area contributed by atoms with E-state index in [4.69, 9.17) is 0 Å². The number of amides is 1. The number of nitrogens with one attached hydrogen (secondary N) is 2. The van der Waals surface area contributed by atoms with Gasteiger partial charge in [-0.1, -0.05) is 11.8 Å². The van der Waals surface area contributed by atoms with Crippen molar-refractivity contribution >= 4 is 39.2 Å². The average Bonchev–Trinajstić information content (AvgIpc) is 2.89. The Kier molecular flexibility index (Phi) is 4.86. The van der Waals surface area contributed by atoms with Crippen molar-refractivity contribution in [1.82, 2.24) is 15.3 Å². The highest BCUT2D eigenvalue weighted by Crippen LogP contribution is 2.34. The van der Waals surface area contributed by atoms with Crippen LogP contribution in [0, 0.1) is 0 Å². The van der Waals surface area contributed by atoms with E-state index in [0.29, 0.717) is 10.2 Å². The van der Waals surface area contributed by atoms with E-state index in [2.05, 4.69) is 9.97 Å². The monoisotopic (exact) mass is 377 g/mol. The minimum atomic E-state index is -4.44. The van der Waals surface area contributed by atoms with E-state index >= 15 is 0 Å². The van der Waals surface area contributed by atoms with Crippen LogP contribution in [0.4, 0.5) is 13.2 Å². The van der Waals surface area contributed by atoms with Crippen molar-refractivity contribution in [3.63, 3.8) is 0 Å². The van der Waals surface area contributed by atoms with Gasteiger partial charge in [-0.25, -0.2) is 4.98 Å². The molecule has 0 atom stereocenters. The molecular weight excluding hydrogens is 363 g/mol. The highest BCUT2D eigenvalue weighted by Gasteiger charge is 2.27. The number of hydrogen-bond donors (Lipinski definition) is 2. The number of halogens is 3. The standard InChI is InChI=1S/C14H14F3N3O2S2/c15-14(16,17)6-18-9(21)5-23-13-19-11(22)10-7-3-1-2-4-8(7)24-12(10)20-13/h1-6H2,(H,18,21)(H,19,20,22). The van der Waals surface area contributed by atoms with Gasteiger partial charge in [0, 0.05) is 4.88 Å². The molecule has 0 bridgehead atoms. The number of rotatable bonds is 4. The Hall–Kier alpha value is -1.55. The van der Waals surface area contributed by atoms with Crippen molar-refractivity contribution in [2.45, 2.75) is 37.0 Å². The minimum Gasteiger partial charge on any atom is -0.346 e. The lowest BCUT2D eigenvalue weighted by Gasteiger charge is -2.09. The normalized spacial score (nSPS) is 14.6. The summed E-state index contributed by atoms with van der Waals surface area (Å²) in [5, 5.41) is 2.64. The number of nitrogens with zero attached hydrogens (tertiary/aromatic N) is 1. The second-order valence-electron chi connectivity index (χ2n) is 5.44. The molecule has 0 saturated heterocycles. The Labute approximate surface area is 143 Å². The van der Waals surface area contributed by atoms with Crippen molar-refractivity contribution in [3.05, 3.63) is 20.8 Å². The molecule has 1 aliphatic rings. The Morgan fingerprint density at radius 2 is 2.08 bits per heavy atom. The Morgan fingerprint density at radius 3 is 2.83 bits per heavy atom. The van der Waals surface area contributed by atoms with Crippen LogP contribution >= 0.6 is 23.1 Å². The maximum absolute atomic E-state index is 12.3. The molecule has 130 valence electrons. The van der Waals surface area contributed by atoms with Gasteiger partial charge in [-0.2, -0.15) is 13.2 Å². The molecule has 1 amide bonds. The number of aromatic nitrogens is 2. The number of aromatic amines is 1. The molecule has 0 unspecified atom stereocenters. The number of carbonyl (C=O) groups is 1. The molecule has 2 N–H and O–H groups in total. The van der Waals surface area contributed by atoms with Crippen molar-refractivity contribution in [1.29, 1.82) is 0 Å². The first-order chi connectivity index (χ1) is 11.3. The topological polar surface area (TPSA) is 74.8 Å². The third-order valence-electron chi connectivity index (χ3n) is 3.63. The smallest absolute Gasteiger partial charge is 0.346 e. The lowest BCUT2D eigenvalue weighted by Crippen LogP contribution is -2.34. The van der Waals surface area contributed by atoms with Crippen LogP contribution in [0.15, 0.2) is 9.95 Å². The summed E-state index contributed by atoms with van der Waals surface area (Å²) in [6.45, 7) is -1.37. The van der Waals surface area contributed by atoms with E-state index in [9.17, 15) is 22.8 Å². The number of thiophene rings is 1. The van der Waals surface area contributed by atoms with Crippen LogP contribution in [0.1, 0.15) is 23.3 Å². The number of thioether (sulfide) groups is 1. The molecule has 0 spiro atoms. The molecule has 1 aliphatic carbocycles. The van der Waals surface area contributed by atoms with E-state index in [-0.39, 0.29) is 16.5 Å². The molecule has 3 rings (SSSR count). The zero-order valence-electron chi connectivity index (χ0n) is 12.5. The number of aryl methyl sites for hydroxylation is 2. The van der Waals surface area contributed by atoms with Gasteiger partial charge in [0.1, 0.15) is 11.4 Å². The van der Waals surface area contributed by atoms with Crippen molar-refractivity contribution in [2.75, 3.05) is 12.3 Å². The maximum Gasteiger partial charge on any atom is 0.405 e. The summed E-state index contributed by atoms with van der Waals surface area (Å²) in [5.74, 6) is -0.999. The van der Waals surface area contributed by atoms with Crippen LogP contribution < -0.4 is 10.9 Å². The fourth-order valence-electron chi connectivity index (χ4n) is 2.60. The zero-order chi connectivity index (χ0) is 17.3. The van der Waals surface area contributed by atoms with Crippen molar-refractivity contribution < 1.29 is 18.0 Å². The fourth-order valence-corrected chi connectivity index (χ4v) is 4.61. The number of hydrogen-bond acceptors (Lipinski definition) is 5. The van der Waals surface area contributed by atoms with E-state index < -0.39 is 18.6 Å². The van der Waals surface area contributed by atoms with E-state index in [0.717, 1.165) is 43.0 Å². The third kappa shape index (κ3) is 3.92. The molecule has 0 aromatic carbocycles. The summed E-state index contributed by atoms with van der Waals surface area (Å²) >= 11 is 2.40. The Morgan fingerprint density at radius 1 is 1.33 bits per heavy atom. The van der Waals surface area contributed by atoms with E-state index in [1.54, 1.807) is 5.32 Å². The van der Waals surface area contributed by atoms with Crippen LogP contribution in [0.3, 0.4) is 0 Å². The van der Waals surface area contributed by atoms with Crippen molar-refractivity contribution in [2.24, 2.45) is 0 Å². The van der Waals surface area contributed by atoms with Crippen LogP contribution in [0.2, 0.25) is 0 Å². The van der Waals surface area contributed by atoms with Crippen LogP contribution in [0.5, 0.6) is 0 Å². The fraction of sp³-hybridized carbons (Fsp3) is 0.500. The molecule has 5 nitrogen and oxygen atoms in total. The molecule has 0 aliphatic heterocycles. The first-order valence-electron chi connectivity index (χ1n) is 7.34. The summed E-state index contributed by atoms with van der Waals surface area (Å²) < 4.78 is 36.1. The van der Waals surface area contributed by atoms with Crippen LogP contribution in [-0.4, -0.2) is 34.3 Å². The highest BCUT2D eigenvalue weighted by molar-refractivity contribution is 7.99. The molecule has 2 aromatic heterocycles. The van der Waals surface area contributed by atoms with Gasteiger partial charge in [-0.15, -0.1) is 11.3 Å². The van der Waals surface area contributed by atoms with Gasteiger partial charge in [0.05, 0.1) is 11.1 Å².